The molecule has 1 aliphatic heterocycles. The van der Waals surface area contributed by atoms with Gasteiger partial charge in [0.2, 0.25) is 5.91 Å². The van der Waals surface area contributed by atoms with Crippen molar-refractivity contribution in [3.63, 3.8) is 0 Å². The second-order valence-electron chi connectivity index (χ2n) is 7.70. The average molecular weight is 296 g/mol. The fourth-order valence-corrected chi connectivity index (χ4v) is 3.93. The van der Waals surface area contributed by atoms with Gasteiger partial charge in [-0.2, -0.15) is 0 Å². The van der Waals surface area contributed by atoms with Crippen molar-refractivity contribution in [1.82, 2.24) is 9.80 Å². The van der Waals surface area contributed by atoms with Crippen molar-refractivity contribution < 1.29 is 9.90 Å². The van der Waals surface area contributed by atoms with Crippen molar-refractivity contribution in [3.8, 4) is 0 Å². The summed E-state index contributed by atoms with van der Waals surface area (Å²) in [6, 6.07) is 0.526. The van der Waals surface area contributed by atoms with Crippen LogP contribution in [0.25, 0.3) is 0 Å². The van der Waals surface area contributed by atoms with Gasteiger partial charge in [0, 0.05) is 19.1 Å². The summed E-state index contributed by atoms with van der Waals surface area (Å²) in [7, 11) is 1.96. The van der Waals surface area contributed by atoms with E-state index in [9.17, 15) is 9.90 Å². The molecule has 4 nitrogen and oxygen atoms in total. The zero-order valence-electron chi connectivity index (χ0n) is 14.1. The number of likely N-dealkylation sites (tertiary alicyclic amines) is 1. The maximum absolute atomic E-state index is 12.6. The van der Waals surface area contributed by atoms with E-state index in [2.05, 4.69) is 11.8 Å². The quantitative estimate of drug-likeness (QED) is 0.865. The molecule has 1 saturated heterocycles. The lowest BCUT2D eigenvalue weighted by Gasteiger charge is -2.37. The van der Waals surface area contributed by atoms with Crippen LogP contribution in [-0.4, -0.2) is 58.6 Å². The summed E-state index contributed by atoms with van der Waals surface area (Å²) in [5.41, 5.74) is -0.727. The summed E-state index contributed by atoms with van der Waals surface area (Å²) >= 11 is 0. The molecule has 0 bridgehead atoms. The lowest BCUT2D eigenvalue weighted by Crippen LogP contribution is -2.50. The molecule has 0 spiro atoms. The molecule has 2 rings (SSSR count). The molecule has 1 heterocycles. The topological polar surface area (TPSA) is 43.8 Å². The van der Waals surface area contributed by atoms with E-state index in [4.69, 9.17) is 0 Å². The second kappa shape index (κ2) is 6.66. The highest BCUT2D eigenvalue weighted by Gasteiger charge is 2.37. The summed E-state index contributed by atoms with van der Waals surface area (Å²) in [5, 5.41) is 10.3. The normalized spacial score (nSPS) is 31.4. The number of amides is 1. The number of aliphatic hydroxyl groups is 1. The van der Waals surface area contributed by atoms with Crippen molar-refractivity contribution >= 4 is 5.91 Å². The van der Waals surface area contributed by atoms with Gasteiger partial charge in [-0.15, -0.1) is 0 Å². The lowest BCUT2D eigenvalue weighted by atomic mass is 9.87. The molecule has 1 atom stereocenters. The maximum atomic E-state index is 12.6. The number of nitrogens with zero attached hydrogens (tertiary/aromatic N) is 2. The molecule has 4 heteroatoms. The predicted octanol–water partition coefficient (Wildman–Crippen LogP) is 2.26. The Morgan fingerprint density at radius 2 is 1.86 bits per heavy atom. The number of rotatable bonds is 4. The molecule has 0 aromatic rings. The van der Waals surface area contributed by atoms with Gasteiger partial charge in [-0.25, -0.2) is 0 Å². The van der Waals surface area contributed by atoms with Crippen LogP contribution in [0.4, 0.5) is 0 Å². The summed E-state index contributed by atoms with van der Waals surface area (Å²) in [6.07, 6.45) is 6.81. The van der Waals surface area contributed by atoms with Gasteiger partial charge in [0.15, 0.2) is 0 Å². The van der Waals surface area contributed by atoms with E-state index in [-0.39, 0.29) is 11.9 Å². The van der Waals surface area contributed by atoms with Crippen molar-refractivity contribution in [1.29, 1.82) is 0 Å². The summed E-state index contributed by atoms with van der Waals surface area (Å²) in [4.78, 5) is 16.7. The molecule has 2 aliphatic rings. The van der Waals surface area contributed by atoms with Gasteiger partial charge in [0.1, 0.15) is 0 Å². The van der Waals surface area contributed by atoms with Crippen molar-refractivity contribution in [2.45, 2.75) is 77.0 Å². The van der Waals surface area contributed by atoms with Crippen LogP contribution in [0.1, 0.15) is 59.3 Å². The molecule has 1 unspecified atom stereocenters. The zero-order chi connectivity index (χ0) is 15.6. The van der Waals surface area contributed by atoms with E-state index in [1.54, 1.807) is 0 Å². The van der Waals surface area contributed by atoms with E-state index in [1.807, 2.05) is 25.8 Å². The SMILES string of the molecule is CC1CCC(N(C)C(=O)CN2CCCC2C(C)(C)O)CC1. The molecule has 0 aromatic heterocycles. The standard InChI is InChI=1S/C17H32N2O2/c1-13-7-9-14(10-8-13)18(4)16(20)12-19-11-5-6-15(19)17(2,3)21/h13-15,21H,5-12H2,1-4H3. The molecule has 1 N–H and O–H groups in total. The Morgan fingerprint density at radius 3 is 2.43 bits per heavy atom. The Balaban J connectivity index is 1.88. The zero-order valence-corrected chi connectivity index (χ0v) is 14.1. The lowest BCUT2D eigenvalue weighted by molar-refractivity contribution is -0.135. The number of carbonyl (C=O) groups excluding carboxylic acids is 1. The average Bonchev–Trinajstić information content (AvgIpc) is 2.87. The minimum absolute atomic E-state index is 0.112. The van der Waals surface area contributed by atoms with E-state index in [0.717, 1.165) is 38.1 Å². The van der Waals surface area contributed by atoms with Gasteiger partial charge in [-0.1, -0.05) is 6.92 Å². The van der Waals surface area contributed by atoms with E-state index < -0.39 is 5.60 Å². The number of likely N-dealkylation sites (N-methyl/N-ethyl adjacent to an activating group) is 1. The van der Waals surface area contributed by atoms with Crippen LogP contribution in [0.3, 0.4) is 0 Å². The van der Waals surface area contributed by atoms with Crippen LogP contribution < -0.4 is 0 Å². The van der Waals surface area contributed by atoms with Crippen molar-refractivity contribution in [2.24, 2.45) is 5.92 Å². The first-order chi connectivity index (χ1) is 9.79. The fourth-order valence-electron chi connectivity index (χ4n) is 3.93. The smallest absolute Gasteiger partial charge is 0.236 e. The van der Waals surface area contributed by atoms with Crippen LogP contribution in [0, 0.1) is 5.92 Å². The summed E-state index contributed by atoms with van der Waals surface area (Å²) in [5.74, 6) is 1.02. The Bertz CT molecular complexity index is 356. The van der Waals surface area contributed by atoms with Gasteiger partial charge in [-0.05, 0) is 64.8 Å². The van der Waals surface area contributed by atoms with Gasteiger partial charge in [0.25, 0.3) is 0 Å². The Labute approximate surface area is 129 Å². The summed E-state index contributed by atoms with van der Waals surface area (Å²) in [6.45, 7) is 7.39. The van der Waals surface area contributed by atoms with E-state index in [1.165, 1.54) is 12.8 Å². The molecule has 21 heavy (non-hydrogen) atoms. The summed E-state index contributed by atoms with van der Waals surface area (Å²) < 4.78 is 0. The first-order valence-corrected chi connectivity index (χ1v) is 8.51. The Morgan fingerprint density at radius 1 is 1.24 bits per heavy atom. The number of hydrogen-bond acceptors (Lipinski definition) is 3. The van der Waals surface area contributed by atoms with Crippen LogP contribution in [0.15, 0.2) is 0 Å². The molecular weight excluding hydrogens is 264 g/mol. The highest BCUT2D eigenvalue weighted by Crippen LogP contribution is 2.28. The number of carbonyl (C=O) groups is 1. The first-order valence-electron chi connectivity index (χ1n) is 8.51. The molecule has 122 valence electrons. The van der Waals surface area contributed by atoms with Crippen LogP contribution in [0.2, 0.25) is 0 Å². The second-order valence-corrected chi connectivity index (χ2v) is 7.70. The van der Waals surface area contributed by atoms with Gasteiger partial charge in [0.05, 0.1) is 12.1 Å². The van der Waals surface area contributed by atoms with Crippen LogP contribution >= 0.6 is 0 Å². The maximum Gasteiger partial charge on any atom is 0.236 e. The monoisotopic (exact) mass is 296 g/mol. The van der Waals surface area contributed by atoms with Gasteiger partial charge in [-0.3, -0.25) is 9.69 Å². The Kier molecular flexibility index (Phi) is 5.31. The highest BCUT2D eigenvalue weighted by atomic mass is 16.3. The molecule has 1 amide bonds. The third kappa shape index (κ3) is 4.19. The molecule has 1 aliphatic carbocycles. The van der Waals surface area contributed by atoms with E-state index >= 15 is 0 Å². The highest BCUT2D eigenvalue weighted by molar-refractivity contribution is 5.78. The first kappa shape index (κ1) is 16.8. The van der Waals surface area contributed by atoms with Crippen LogP contribution in [0.5, 0.6) is 0 Å². The van der Waals surface area contributed by atoms with E-state index in [0.29, 0.717) is 12.6 Å². The van der Waals surface area contributed by atoms with Crippen LogP contribution in [-0.2, 0) is 4.79 Å². The Hall–Kier alpha value is -0.610. The molecule has 1 saturated carbocycles. The minimum atomic E-state index is -0.727. The largest absolute Gasteiger partial charge is 0.389 e. The molecule has 0 radical (unpaired) electrons. The molecular formula is C17H32N2O2. The number of hydrogen-bond donors (Lipinski definition) is 1. The van der Waals surface area contributed by atoms with Crippen molar-refractivity contribution in [2.75, 3.05) is 20.1 Å². The third-order valence-corrected chi connectivity index (χ3v) is 5.44. The van der Waals surface area contributed by atoms with Crippen molar-refractivity contribution in [3.05, 3.63) is 0 Å². The third-order valence-electron chi connectivity index (χ3n) is 5.44. The fraction of sp³-hybridized carbons (Fsp3) is 0.941. The molecule has 2 fully saturated rings. The minimum Gasteiger partial charge on any atom is -0.389 e. The van der Waals surface area contributed by atoms with Gasteiger partial charge < -0.3 is 10.0 Å². The molecule has 0 aromatic carbocycles. The van der Waals surface area contributed by atoms with Gasteiger partial charge >= 0.3 is 0 Å². The predicted molar refractivity (Wildman–Crippen MR) is 85.1 cm³/mol.